The number of rotatable bonds is 1. The van der Waals surface area contributed by atoms with Gasteiger partial charge in [0, 0.05) is 24.6 Å². The number of hydrogen-bond acceptors (Lipinski definition) is 4. The number of amides is 2. The first kappa shape index (κ1) is 12.9. The van der Waals surface area contributed by atoms with Crippen molar-refractivity contribution in [3.63, 3.8) is 0 Å². The Morgan fingerprint density at radius 1 is 1.61 bits per heavy atom. The first-order valence-corrected chi connectivity index (χ1v) is 6.07. The molecule has 0 bridgehead atoms. The van der Waals surface area contributed by atoms with Crippen molar-refractivity contribution < 1.29 is 14.4 Å². The van der Waals surface area contributed by atoms with Gasteiger partial charge in [-0.1, -0.05) is 25.9 Å². The summed E-state index contributed by atoms with van der Waals surface area (Å²) < 4.78 is 5.18. The van der Waals surface area contributed by atoms with Gasteiger partial charge in [0.1, 0.15) is 5.76 Å². The Bertz CT molecular complexity index is 436. The molecule has 2 amide bonds. The number of urea groups is 1. The standard InChI is InChI=1S/C12H19N3O3/c1-12(2,3)9-6-10(14-18-9)13-11(17)15-5-4-8(16)7-15/h6,8,16H,4-5,7H2,1-3H3,(H,13,14,17)/t8-/m1/s1. The van der Waals surface area contributed by atoms with Gasteiger partial charge in [-0.05, 0) is 6.42 Å². The third-order valence-corrected chi connectivity index (χ3v) is 2.93. The average molecular weight is 253 g/mol. The van der Waals surface area contributed by atoms with Gasteiger partial charge in [0.15, 0.2) is 5.82 Å². The third-order valence-electron chi connectivity index (χ3n) is 2.93. The van der Waals surface area contributed by atoms with Gasteiger partial charge in [-0.25, -0.2) is 4.79 Å². The molecule has 1 fully saturated rings. The van der Waals surface area contributed by atoms with E-state index in [4.69, 9.17) is 4.52 Å². The Kier molecular flexibility index (Phi) is 3.30. The second kappa shape index (κ2) is 4.61. The number of aliphatic hydroxyl groups is 1. The highest BCUT2D eigenvalue weighted by molar-refractivity contribution is 5.88. The van der Waals surface area contributed by atoms with Crippen molar-refractivity contribution in [2.75, 3.05) is 18.4 Å². The van der Waals surface area contributed by atoms with Crippen molar-refractivity contribution >= 4 is 11.8 Å². The molecule has 100 valence electrons. The SMILES string of the molecule is CC(C)(C)c1cc(NC(=O)N2CC[C@@H](O)C2)no1. The van der Waals surface area contributed by atoms with Crippen LogP contribution in [-0.2, 0) is 5.41 Å². The number of nitrogens with zero attached hydrogens (tertiary/aromatic N) is 2. The van der Waals surface area contributed by atoms with E-state index in [1.807, 2.05) is 20.8 Å². The lowest BCUT2D eigenvalue weighted by atomic mass is 9.93. The maximum Gasteiger partial charge on any atom is 0.323 e. The zero-order chi connectivity index (χ0) is 13.3. The van der Waals surface area contributed by atoms with Gasteiger partial charge in [0.05, 0.1) is 6.10 Å². The molecular formula is C12H19N3O3. The van der Waals surface area contributed by atoms with Gasteiger partial charge < -0.3 is 14.5 Å². The van der Waals surface area contributed by atoms with E-state index in [1.165, 1.54) is 0 Å². The molecule has 1 atom stereocenters. The molecule has 0 aromatic carbocycles. The molecule has 2 N–H and O–H groups in total. The molecule has 0 aliphatic carbocycles. The second-order valence-corrected chi connectivity index (χ2v) is 5.65. The van der Waals surface area contributed by atoms with Crippen LogP contribution in [0.1, 0.15) is 33.0 Å². The topological polar surface area (TPSA) is 78.6 Å². The van der Waals surface area contributed by atoms with Crippen LogP contribution in [0.25, 0.3) is 0 Å². The maximum absolute atomic E-state index is 11.8. The Morgan fingerprint density at radius 3 is 2.83 bits per heavy atom. The lowest BCUT2D eigenvalue weighted by Crippen LogP contribution is -2.33. The summed E-state index contributed by atoms with van der Waals surface area (Å²) in [6.07, 6.45) is 0.206. The van der Waals surface area contributed by atoms with E-state index in [0.29, 0.717) is 25.3 Å². The zero-order valence-electron chi connectivity index (χ0n) is 10.9. The number of hydrogen-bond donors (Lipinski definition) is 2. The van der Waals surface area contributed by atoms with Crippen LogP contribution in [0.2, 0.25) is 0 Å². The summed E-state index contributed by atoms with van der Waals surface area (Å²) in [4.78, 5) is 13.4. The van der Waals surface area contributed by atoms with Crippen LogP contribution < -0.4 is 5.32 Å². The van der Waals surface area contributed by atoms with E-state index in [9.17, 15) is 9.90 Å². The number of β-amino-alcohol motifs (C(OH)–C–C–N with tert-alkyl or cyclic N) is 1. The first-order chi connectivity index (χ1) is 8.36. The maximum atomic E-state index is 11.8. The minimum Gasteiger partial charge on any atom is -0.391 e. The molecule has 18 heavy (non-hydrogen) atoms. The van der Waals surface area contributed by atoms with Gasteiger partial charge in [-0.3, -0.25) is 5.32 Å². The van der Waals surface area contributed by atoms with Crippen LogP contribution >= 0.6 is 0 Å². The predicted molar refractivity (Wildman–Crippen MR) is 66.4 cm³/mol. The predicted octanol–water partition coefficient (Wildman–Crippen LogP) is 1.57. The zero-order valence-corrected chi connectivity index (χ0v) is 10.9. The van der Waals surface area contributed by atoms with Gasteiger partial charge in [-0.15, -0.1) is 0 Å². The highest BCUT2D eigenvalue weighted by atomic mass is 16.5. The number of carbonyl (C=O) groups excluding carboxylic acids is 1. The molecule has 1 aliphatic rings. The van der Waals surface area contributed by atoms with Crippen LogP contribution in [0.3, 0.4) is 0 Å². The Morgan fingerprint density at radius 2 is 2.33 bits per heavy atom. The molecule has 0 unspecified atom stereocenters. The third kappa shape index (κ3) is 2.81. The summed E-state index contributed by atoms with van der Waals surface area (Å²) in [6, 6.07) is 1.48. The van der Waals surface area contributed by atoms with Gasteiger partial charge in [0.25, 0.3) is 0 Å². The molecule has 1 aromatic heterocycles. The minimum absolute atomic E-state index is 0.139. The molecular weight excluding hydrogens is 234 g/mol. The van der Waals surface area contributed by atoms with Crippen LogP contribution in [0.4, 0.5) is 10.6 Å². The van der Waals surface area contributed by atoms with Crippen LogP contribution in [-0.4, -0.2) is 40.4 Å². The van der Waals surface area contributed by atoms with E-state index in [2.05, 4.69) is 10.5 Å². The van der Waals surface area contributed by atoms with E-state index in [-0.39, 0.29) is 11.4 Å². The number of carbonyl (C=O) groups is 1. The number of nitrogens with one attached hydrogen (secondary N) is 1. The molecule has 0 radical (unpaired) electrons. The summed E-state index contributed by atoms with van der Waals surface area (Å²) in [6.45, 7) is 6.97. The van der Waals surface area contributed by atoms with Crippen molar-refractivity contribution in [2.45, 2.75) is 38.7 Å². The van der Waals surface area contributed by atoms with E-state index < -0.39 is 6.10 Å². The molecule has 0 spiro atoms. The molecule has 1 aromatic rings. The van der Waals surface area contributed by atoms with Crippen molar-refractivity contribution in [2.24, 2.45) is 0 Å². The number of aliphatic hydroxyl groups excluding tert-OH is 1. The Balaban J connectivity index is 1.97. The van der Waals surface area contributed by atoms with E-state index in [1.54, 1.807) is 11.0 Å². The van der Waals surface area contributed by atoms with E-state index in [0.717, 1.165) is 5.76 Å². The van der Waals surface area contributed by atoms with Gasteiger partial charge in [-0.2, -0.15) is 0 Å². The van der Waals surface area contributed by atoms with E-state index >= 15 is 0 Å². The first-order valence-electron chi connectivity index (χ1n) is 6.07. The minimum atomic E-state index is -0.418. The van der Waals surface area contributed by atoms with Gasteiger partial charge >= 0.3 is 6.03 Å². The lowest BCUT2D eigenvalue weighted by Gasteiger charge is -2.15. The largest absolute Gasteiger partial charge is 0.391 e. The van der Waals surface area contributed by atoms with Crippen molar-refractivity contribution in [3.05, 3.63) is 11.8 Å². The van der Waals surface area contributed by atoms with Crippen LogP contribution in [0, 0.1) is 0 Å². The lowest BCUT2D eigenvalue weighted by molar-refractivity contribution is 0.176. The Hall–Kier alpha value is -1.56. The molecule has 0 saturated carbocycles. The summed E-state index contributed by atoms with van der Waals surface area (Å²) in [5.41, 5.74) is -0.139. The average Bonchev–Trinajstić information content (AvgIpc) is 2.85. The smallest absolute Gasteiger partial charge is 0.323 e. The molecule has 6 nitrogen and oxygen atoms in total. The van der Waals surface area contributed by atoms with Crippen molar-refractivity contribution in [1.82, 2.24) is 10.1 Å². The molecule has 1 saturated heterocycles. The summed E-state index contributed by atoms with van der Waals surface area (Å²) in [5, 5.41) is 15.9. The number of likely N-dealkylation sites (tertiary alicyclic amines) is 1. The molecule has 6 heteroatoms. The van der Waals surface area contributed by atoms with Crippen molar-refractivity contribution in [1.29, 1.82) is 0 Å². The fourth-order valence-electron chi connectivity index (χ4n) is 1.80. The summed E-state index contributed by atoms with van der Waals surface area (Å²) in [5.74, 6) is 1.13. The Labute approximate surface area is 106 Å². The molecule has 2 rings (SSSR count). The van der Waals surface area contributed by atoms with Crippen LogP contribution in [0.15, 0.2) is 10.6 Å². The van der Waals surface area contributed by atoms with Gasteiger partial charge in [0.2, 0.25) is 0 Å². The number of anilines is 1. The summed E-state index contributed by atoms with van der Waals surface area (Å²) in [7, 11) is 0. The fraction of sp³-hybridized carbons (Fsp3) is 0.667. The normalized spacial score (nSPS) is 20.2. The molecule has 2 heterocycles. The highest BCUT2D eigenvalue weighted by Gasteiger charge is 2.26. The second-order valence-electron chi connectivity index (χ2n) is 5.65. The monoisotopic (exact) mass is 253 g/mol. The molecule has 1 aliphatic heterocycles. The van der Waals surface area contributed by atoms with Crippen LogP contribution in [0.5, 0.6) is 0 Å². The fourth-order valence-corrected chi connectivity index (χ4v) is 1.80. The highest BCUT2D eigenvalue weighted by Crippen LogP contribution is 2.24. The summed E-state index contributed by atoms with van der Waals surface area (Å²) >= 11 is 0. The number of aromatic nitrogens is 1. The van der Waals surface area contributed by atoms with Crippen molar-refractivity contribution in [3.8, 4) is 0 Å². The quantitative estimate of drug-likeness (QED) is 0.796.